The van der Waals surface area contributed by atoms with Crippen molar-refractivity contribution in [2.75, 3.05) is 6.61 Å². The smallest absolute Gasteiger partial charge is 0.652 e. The maximum atomic E-state index is 8.33. The van der Waals surface area contributed by atoms with Crippen molar-refractivity contribution < 1.29 is 20.1 Å². The Labute approximate surface area is 83.5 Å². The number of aliphatic hydroxyl groups is 1. The SMILES string of the molecule is CCCO.O=C([O-])[O-].[Ca+2]. The fourth-order valence-electron chi connectivity index (χ4n) is 0. The summed E-state index contributed by atoms with van der Waals surface area (Å²) in [6.07, 6.45) is -1.46. The van der Waals surface area contributed by atoms with Crippen molar-refractivity contribution in [3.8, 4) is 0 Å². The number of aliphatic hydroxyl groups excluding tert-OH is 1. The maximum absolute atomic E-state index is 8.33. The Morgan fingerprint density at radius 3 is 1.67 bits per heavy atom. The van der Waals surface area contributed by atoms with Gasteiger partial charge in [0.2, 0.25) is 0 Å². The van der Waals surface area contributed by atoms with Crippen LogP contribution in [0.15, 0.2) is 0 Å². The molecule has 50 valence electrons. The van der Waals surface area contributed by atoms with Crippen molar-refractivity contribution in [2.45, 2.75) is 13.3 Å². The summed E-state index contributed by atoms with van der Waals surface area (Å²) in [5, 5.41) is 24.5. The number of carbonyl (C=O) groups excluding carboxylic acids is 1. The van der Waals surface area contributed by atoms with E-state index in [4.69, 9.17) is 20.1 Å². The van der Waals surface area contributed by atoms with Gasteiger partial charge in [0.25, 0.3) is 0 Å². The summed E-state index contributed by atoms with van der Waals surface area (Å²) in [5.41, 5.74) is 0. The first-order valence-corrected chi connectivity index (χ1v) is 2.14. The Balaban J connectivity index is -0.0000000720. The zero-order valence-corrected chi connectivity index (χ0v) is 7.50. The third-order valence-corrected chi connectivity index (χ3v) is 0.224. The van der Waals surface area contributed by atoms with Crippen LogP contribution in [-0.2, 0) is 0 Å². The van der Waals surface area contributed by atoms with E-state index < -0.39 is 6.16 Å². The minimum absolute atomic E-state index is 0. The second-order valence-corrected chi connectivity index (χ2v) is 0.974. The van der Waals surface area contributed by atoms with Crippen LogP contribution in [0.3, 0.4) is 0 Å². The summed E-state index contributed by atoms with van der Waals surface area (Å²) >= 11 is 0. The summed E-state index contributed by atoms with van der Waals surface area (Å²) in [7, 11) is 0. The van der Waals surface area contributed by atoms with Crippen LogP contribution >= 0.6 is 0 Å². The van der Waals surface area contributed by atoms with E-state index in [1.165, 1.54) is 0 Å². The monoisotopic (exact) mass is 160 g/mol. The van der Waals surface area contributed by atoms with E-state index in [1.807, 2.05) is 6.92 Å². The Hall–Kier alpha value is 0.490. The van der Waals surface area contributed by atoms with E-state index in [2.05, 4.69) is 0 Å². The van der Waals surface area contributed by atoms with Crippen LogP contribution in [0.5, 0.6) is 0 Å². The standard InChI is InChI=1S/C3H8O.CH2O3.Ca/c1-2-3-4;2-1(3)4;/h4H,2-3H2,1H3;(H2,2,3,4);/q;;+2/p-2. The summed E-state index contributed by atoms with van der Waals surface area (Å²) in [6, 6.07) is 0. The summed E-state index contributed by atoms with van der Waals surface area (Å²) in [5.74, 6) is 0. The van der Waals surface area contributed by atoms with E-state index in [-0.39, 0.29) is 37.7 Å². The first-order chi connectivity index (χ1) is 3.65. The van der Waals surface area contributed by atoms with Crippen LogP contribution in [0.25, 0.3) is 0 Å². The van der Waals surface area contributed by atoms with Crippen molar-refractivity contribution >= 4 is 43.9 Å². The molecule has 0 spiro atoms. The molecule has 0 aromatic carbocycles. The van der Waals surface area contributed by atoms with Gasteiger partial charge in [-0.05, 0) is 12.6 Å². The quantitative estimate of drug-likeness (QED) is 0.432. The summed E-state index contributed by atoms with van der Waals surface area (Å²) in [4.78, 5) is 8.33. The molecule has 0 heterocycles. The van der Waals surface area contributed by atoms with Crippen LogP contribution in [0.1, 0.15) is 13.3 Å². The molecule has 0 aliphatic rings. The van der Waals surface area contributed by atoms with E-state index >= 15 is 0 Å². The average molecular weight is 160 g/mol. The zero-order chi connectivity index (χ0) is 6.99. The van der Waals surface area contributed by atoms with Gasteiger partial charge in [-0.1, -0.05) is 6.92 Å². The largest absolute Gasteiger partial charge is 2.00 e. The van der Waals surface area contributed by atoms with Gasteiger partial charge in [-0.3, -0.25) is 0 Å². The molecule has 0 atom stereocenters. The number of hydrogen-bond donors (Lipinski definition) is 1. The Bertz CT molecular complexity index is 50.5. The predicted octanol–water partition coefficient (Wildman–Crippen LogP) is -2.44. The minimum Gasteiger partial charge on any atom is -0.652 e. The molecule has 0 unspecified atom stereocenters. The molecular weight excluding hydrogens is 152 g/mol. The topological polar surface area (TPSA) is 83.4 Å². The number of rotatable bonds is 1. The van der Waals surface area contributed by atoms with Gasteiger partial charge >= 0.3 is 37.7 Å². The van der Waals surface area contributed by atoms with Crippen molar-refractivity contribution in [1.82, 2.24) is 0 Å². The van der Waals surface area contributed by atoms with Crippen LogP contribution in [-0.4, -0.2) is 55.6 Å². The van der Waals surface area contributed by atoms with E-state index in [0.29, 0.717) is 6.61 Å². The van der Waals surface area contributed by atoms with Crippen LogP contribution in [0.4, 0.5) is 4.79 Å². The number of carbonyl (C=O) groups is 1. The Kier molecular flexibility index (Phi) is 28.5. The minimum atomic E-state index is -2.33. The van der Waals surface area contributed by atoms with Crippen molar-refractivity contribution in [1.29, 1.82) is 0 Å². The number of hydrogen-bond acceptors (Lipinski definition) is 4. The Morgan fingerprint density at radius 1 is 1.56 bits per heavy atom. The molecular formula is C4H8CaO4. The van der Waals surface area contributed by atoms with Crippen LogP contribution in [0.2, 0.25) is 0 Å². The van der Waals surface area contributed by atoms with Gasteiger partial charge in [-0.2, -0.15) is 0 Å². The molecule has 0 saturated carbocycles. The molecule has 9 heavy (non-hydrogen) atoms. The summed E-state index contributed by atoms with van der Waals surface area (Å²) in [6.45, 7) is 2.25. The molecule has 5 heteroatoms. The Morgan fingerprint density at radius 2 is 1.67 bits per heavy atom. The molecule has 0 rings (SSSR count). The molecule has 0 bridgehead atoms. The first-order valence-electron chi connectivity index (χ1n) is 2.14. The maximum Gasteiger partial charge on any atom is 2.00 e. The third-order valence-electron chi connectivity index (χ3n) is 0.224. The van der Waals surface area contributed by atoms with Gasteiger partial charge in [0, 0.05) is 6.61 Å². The predicted molar refractivity (Wildman–Crippen MR) is 28.5 cm³/mol. The van der Waals surface area contributed by atoms with E-state index in [9.17, 15) is 0 Å². The van der Waals surface area contributed by atoms with Crippen molar-refractivity contribution in [3.63, 3.8) is 0 Å². The molecule has 1 N–H and O–H groups in total. The van der Waals surface area contributed by atoms with Crippen LogP contribution in [0, 0.1) is 0 Å². The van der Waals surface area contributed by atoms with Gasteiger partial charge in [0.05, 0.1) is 0 Å². The van der Waals surface area contributed by atoms with Gasteiger partial charge in [-0.25, -0.2) is 0 Å². The molecule has 0 aliphatic heterocycles. The molecule has 0 aromatic rings. The second-order valence-electron chi connectivity index (χ2n) is 0.974. The van der Waals surface area contributed by atoms with Gasteiger partial charge in [-0.15, -0.1) is 0 Å². The fourth-order valence-corrected chi connectivity index (χ4v) is 0. The van der Waals surface area contributed by atoms with Gasteiger partial charge in [0.15, 0.2) is 0 Å². The third kappa shape index (κ3) is 161. The molecule has 0 fully saturated rings. The zero-order valence-electron chi connectivity index (χ0n) is 5.29. The average Bonchev–Trinajstić information content (AvgIpc) is 1.65. The first kappa shape index (κ1) is 16.2. The molecule has 0 amide bonds. The summed E-state index contributed by atoms with van der Waals surface area (Å²) < 4.78 is 0. The molecule has 0 saturated heterocycles. The van der Waals surface area contributed by atoms with Crippen LogP contribution < -0.4 is 10.2 Å². The fraction of sp³-hybridized carbons (Fsp3) is 0.750. The molecule has 4 nitrogen and oxygen atoms in total. The second kappa shape index (κ2) is 15.8. The molecule has 0 aliphatic carbocycles. The van der Waals surface area contributed by atoms with Gasteiger partial charge in [0.1, 0.15) is 0 Å². The normalized spacial score (nSPS) is 6.00. The molecule has 0 aromatic heterocycles. The van der Waals surface area contributed by atoms with Gasteiger partial charge < -0.3 is 20.1 Å². The van der Waals surface area contributed by atoms with E-state index in [0.717, 1.165) is 6.42 Å². The molecule has 0 radical (unpaired) electrons. The van der Waals surface area contributed by atoms with Crippen molar-refractivity contribution in [3.05, 3.63) is 0 Å². The van der Waals surface area contributed by atoms with Crippen molar-refractivity contribution in [2.24, 2.45) is 0 Å². The number of carboxylic acid groups (broad SMARTS) is 2. The van der Waals surface area contributed by atoms with E-state index in [1.54, 1.807) is 0 Å².